The molecule has 1 aliphatic carbocycles. The summed E-state index contributed by atoms with van der Waals surface area (Å²) in [4.78, 5) is 18.7. The number of aliphatic hydroxyl groups is 1. The molecule has 1 aliphatic heterocycles. The second-order valence-electron chi connectivity index (χ2n) is 7.08. The van der Waals surface area contributed by atoms with Gasteiger partial charge in [-0.3, -0.25) is 9.78 Å². The van der Waals surface area contributed by atoms with Gasteiger partial charge in [-0.15, -0.1) is 10.2 Å². The Morgan fingerprint density at radius 2 is 2.12 bits per heavy atom. The van der Waals surface area contributed by atoms with Crippen LogP contribution in [0.5, 0.6) is 5.75 Å². The minimum absolute atomic E-state index is 0.0567. The fourth-order valence-electron chi connectivity index (χ4n) is 3.56. The number of nitrogens with zero attached hydrogens (tertiary/aromatic N) is 5. The van der Waals surface area contributed by atoms with Crippen molar-refractivity contribution in [1.82, 2.24) is 24.6 Å². The highest BCUT2D eigenvalue weighted by atomic mass is 16.5. The summed E-state index contributed by atoms with van der Waals surface area (Å²) in [5.41, 5.74) is 0.940. The lowest BCUT2D eigenvalue weighted by Gasteiger charge is -2.39. The molecule has 2 aliphatic rings. The molecule has 138 valence electrons. The summed E-state index contributed by atoms with van der Waals surface area (Å²) in [7, 11) is 0. The van der Waals surface area contributed by atoms with Gasteiger partial charge in [0.1, 0.15) is 12.4 Å². The average Bonchev–Trinajstić information content (AvgIpc) is 3.02. The minimum atomic E-state index is -0.326. The summed E-state index contributed by atoms with van der Waals surface area (Å²) in [5, 5.41) is 18.0. The predicted molar refractivity (Wildman–Crippen MR) is 92.2 cm³/mol. The number of pyridine rings is 1. The molecule has 0 saturated heterocycles. The van der Waals surface area contributed by atoms with Gasteiger partial charge in [0.05, 0.1) is 18.3 Å². The van der Waals surface area contributed by atoms with Crippen molar-refractivity contribution in [2.24, 2.45) is 5.92 Å². The summed E-state index contributed by atoms with van der Waals surface area (Å²) in [6.07, 6.45) is 2.50. The van der Waals surface area contributed by atoms with Crippen molar-refractivity contribution in [3.63, 3.8) is 0 Å². The SMILES string of the molecule is Cc1ccc(OCc2nnc3n2CCN(C(=O)C2CC(O)C2)[C@H]3C)cn1. The number of rotatable bonds is 4. The molecule has 2 aromatic heterocycles. The second kappa shape index (κ2) is 6.68. The molecule has 2 aromatic rings. The van der Waals surface area contributed by atoms with Crippen LogP contribution in [0.25, 0.3) is 0 Å². The first-order chi connectivity index (χ1) is 12.5. The maximum Gasteiger partial charge on any atom is 0.226 e. The zero-order valence-corrected chi connectivity index (χ0v) is 15.0. The third-order valence-electron chi connectivity index (χ3n) is 5.26. The predicted octanol–water partition coefficient (Wildman–Crippen LogP) is 1.23. The van der Waals surface area contributed by atoms with Crippen LogP contribution in [0.4, 0.5) is 0 Å². The maximum atomic E-state index is 12.6. The molecule has 1 N–H and O–H groups in total. The van der Waals surface area contributed by atoms with Crippen molar-refractivity contribution in [3.8, 4) is 5.75 Å². The number of aliphatic hydroxyl groups excluding tert-OH is 1. The van der Waals surface area contributed by atoms with Gasteiger partial charge in [0.2, 0.25) is 5.91 Å². The van der Waals surface area contributed by atoms with Gasteiger partial charge in [0.15, 0.2) is 11.6 Å². The number of amides is 1. The van der Waals surface area contributed by atoms with E-state index in [1.54, 1.807) is 6.20 Å². The summed E-state index contributed by atoms with van der Waals surface area (Å²) in [5.74, 6) is 2.28. The van der Waals surface area contributed by atoms with Gasteiger partial charge in [0.25, 0.3) is 0 Å². The number of ether oxygens (including phenoxy) is 1. The van der Waals surface area contributed by atoms with E-state index in [9.17, 15) is 9.90 Å². The van der Waals surface area contributed by atoms with Gasteiger partial charge in [-0.1, -0.05) is 0 Å². The molecular formula is C18H23N5O3. The Hall–Kier alpha value is -2.48. The maximum absolute atomic E-state index is 12.6. The molecule has 1 amide bonds. The molecule has 1 saturated carbocycles. The Morgan fingerprint density at radius 3 is 2.81 bits per heavy atom. The lowest BCUT2D eigenvalue weighted by Crippen LogP contribution is -2.48. The van der Waals surface area contributed by atoms with Crippen LogP contribution in [0.1, 0.15) is 43.1 Å². The molecule has 0 bridgehead atoms. The number of carbonyl (C=O) groups excluding carboxylic acids is 1. The van der Waals surface area contributed by atoms with E-state index < -0.39 is 0 Å². The van der Waals surface area contributed by atoms with Crippen LogP contribution in [0.15, 0.2) is 18.3 Å². The van der Waals surface area contributed by atoms with Gasteiger partial charge in [0, 0.05) is 24.7 Å². The molecular weight excluding hydrogens is 334 g/mol. The third kappa shape index (κ3) is 3.05. The zero-order chi connectivity index (χ0) is 18.3. The topological polar surface area (TPSA) is 93.4 Å². The Labute approximate surface area is 151 Å². The monoisotopic (exact) mass is 357 g/mol. The molecule has 0 unspecified atom stereocenters. The number of hydrogen-bond acceptors (Lipinski definition) is 6. The fourth-order valence-corrected chi connectivity index (χ4v) is 3.56. The van der Waals surface area contributed by atoms with Gasteiger partial charge in [-0.2, -0.15) is 0 Å². The van der Waals surface area contributed by atoms with E-state index in [1.807, 2.05) is 35.4 Å². The van der Waals surface area contributed by atoms with Crippen molar-refractivity contribution in [1.29, 1.82) is 0 Å². The second-order valence-corrected chi connectivity index (χ2v) is 7.08. The Balaban J connectivity index is 1.43. The molecule has 4 rings (SSSR count). The lowest BCUT2D eigenvalue weighted by molar-refractivity contribution is -0.145. The minimum Gasteiger partial charge on any atom is -0.484 e. The Bertz CT molecular complexity index is 798. The molecule has 1 atom stereocenters. The van der Waals surface area contributed by atoms with Crippen molar-refractivity contribution in [2.45, 2.75) is 52.0 Å². The fraction of sp³-hybridized carbons (Fsp3) is 0.556. The van der Waals surface area contributed by atoms with E-state index >= 15 is 0 Å². The highest BCUT2D eigenvalue weighted by Gasteiger charge is 2.39. The van der Waals surface area contributed by atoms with Crippen molar-refractivity contribution in [3.05, 3.63) is 35.7 Å². The number of fused-ring (bicyclic) bond motifs is 1. The third-order valence-corrected chi connectivity index (χ3v) is 5.26. The summed E-state index contributed by atoms with van der Waals surface area (Å²) < 4.78 is 7.80. The van der Waals surface area contributed by atoms with Crippen molar-refractivity contribution < 1.29 is 14.6 Å². The van der Waals surface area contributed by atoms with Gasteiger partial charge < -0.3 is 19.3 Å². The summed E-state index contributed by atoms with van der Waals surface area (Å²) in [6, 6.07) is 3.65. The first-order valence-corrected chi connectivity index (χ1v) is 8.99. The molecule has 1 fully saturated rings. The Morgan fingerprint density at radius 1 is 1.31 bits per heavy atom. The van der Waals surface area contributed by atoms with Crippen molar-refractivity contribution in [2.75, 3.05) is 6.54 Å². The zero-order valence-electron chi connectivity index (χ0n) is 15.0. The number of hydrogen-bond donors (Lipinski definition) is 1. The van der Waals surface area contributed by atoms with Crippen LogP contribution < -0.4 is 4.74 Å². The van der Waals surface area contributed by atoms with Gasteiger partial charge in [-0.25, -0.2) is 0 Å². The molecule has 3 heterocycles. The van der Waals surface area contributed by atoms with E-state index in [0.717, 1.165) is 17.3 Å². The molecule has 0 spiro atoms. The van der Waals surface area contributed by atoms with Gasteiger partial charge >= 0.3 is 0 Å². The van der Waals surface area contributed by atoms with E-state index in [2.05, 4.69) is 15.2 Å². The summed E-state index contributed by atoms with van der Waals surface area (Å²) >= 11 is 0. The van der Waals surface area contributed by atoms with Crippen LogP contribution >= 0.6 is 0 Å². The van der Waals surface area contributed by atoms with Crippen LogP contribution in [0.2, 0.25) is 0 Å². The first-order valence-electron chi connectivity index (χ1n) is 8.99. The highest BCUT2D eigenvalue weighted by molar-refractivity contribution is 5.80. The number of carbonyl (C=O) groups is 1. The van der Waals surface area contributed by atoms with E-state index in [1.165, 1.54) is 0 Å². The smallest absolute Gasteiger partial charge is 0.226 e. The lowest BCUT2D eigenvalue weighted by atomic mass is 9.81. The summed E-state index contributed by atoms with van der Waals surface area (Å²) in [6.45, 7) is 5.49. The highest BCUT2D eigenvalue weighted by Crippen LogP contribution is 2.33. The largest absolute Gasteiger partial charge is 0.484 e. The number of aryl methyl sites for hydroxylation is 1. The van der Waals surface area contributed by atoms with E-state index in [-0.39, 0.29) is 24.0 Å². The van der Waals surface area contributed by atoms with Crippen LogP contribution in [-0.2, 0) is 17.9 Å². The quantitative estimate of drug-likeness (QED) is 0.885. The number of aromatic nitrogens is 4. The Kier molecular flexibility index (Phi) is 4.36. The van der Waals surface area contributed by atoms with Crippen molar-refractivity contribution >= 4 is 5.91 Å². The molecule has 26 heavy (non-hydrogen) atoms. The normalized spacial score (nSPS) is 24.7. The van der Waals surface area contributed by atoms with Gasteiger partial charge in [-0.05, 0) is 38.8 Å². The van der Waals surface area contributed by atoms with Crippen LogP contribution in [-0.4, -0.2) is 48.3 Å². The van der Waals surface area contributed by atoms with E-state index in [4.69, 9.17) is 4.74 Å². The van der Waals surface area contributed by atoms with Crippen LogP contribution in [0.3, 0.4) is 0 Å². The average molecular weight is 357 g/mol. The van der Waals surface area contributed by atoms with E-state index in [0.29, 0.717) is 38.3 Å². The molecule has 8 heteroatoms. The standard InChI is InChI=1S/C18H23N5O3/c1-11-3-4-15(9-19-11)26-10-16-20-21-17-12(2)22(5-6-23(16)17)18(25)13-7-14(24)8-13/h3-4,9,12-14,24H,5-8,10H2,1-2H3/t12-,13?,14?/m0/s1. The molecule has 0 radical (unpaired) electrons. The molecule has 8 nitrogen and oxygen atoms in total. The van der Waals surface area contributed by atoms with Crippen LogP contribution in [0, 0.1) is 12.8 Å². The molecule has 0 aromatic carbocycles. The first kappa shape index (κ1) is 17.0.